The molecule has 1 aromatic rings. The van der Waals surface area contributed by atoms with Gasteiger partial charge in [-0.15, -0.1) is 0 Å². The zero-order chi connectivity index (χ0) is 12.6. The van der Waals surface area contributed by atoms with Crippen molar-refractivity contribution < 1.29 is 4.52 Å². The maximum atomic E-state index is 5.46. The van der Waals surface area contributed by atoms with Gasteiger partial charge in [-0.3, -0.25) is 0 Å². The van der Waals surface area contributed by atoms with Gasteiger partial charge in [0.05, 0.1) is 5.25 Å². The van der Waals surface area contributed by atoms with Gasteiger partial charge in [-0.25, -0.2) is 0 Å². The second-order valence-electron chi connectivity index (χ2n) is 4.85. The van der Waals surface area contributed by atoms with Crippen molar-refractivity contribution in [1.82, 2.24) is 10.1 Å². The van der Waals surface area contributed by atoms with Gasteiger partial charge in [0, 0.05) is 6.42 Å². The molecule has 0 amide bonds. The molecule has 1 saturated heterocycles. The number of aromatic nitrogens is 2. The number of thioether (sulfide) groups is 1. The van der Waals surface area contributed by atoms with Crippen LogP contribution in [0.25, 0.3) is 0 Å². The van der Waals surface area contributed by atoms with Crippen LogP contribution >= 0.6 is 11.8 Å². The molecule has 5 heteroatoms. The zero-order valence-corrected chi connectivity index (χ0v) is 11.8. The van der Waals surface area contributed by atoms with E-state index >= 15 is 0 Å². The van der Waals surface area contributed by atoms with Gasteiger partial charge in [0.2, 0.25) is 5.89 Å². The van der Waals surface area contributed by atoms with Crippen LogP contribution in [0.3, 0.4) is 0 Å². The van der Waals surface area contributed by atoms with E-state index in [4.69, 9.17) is 10.3 Å². The van der Waals surface area contributed by atoms with E-state index in [1.54, 1.807) is 0 Å². The Morgan fingerprint density at radius 1 is 1.22 bits per heavy atom. The van der Waals surface area contributed by atoms with E-state index in [9.17, 15) is 0 Å². The molecule has 1 atom stereocenters. The average Bonchev–Trinajstić information content (AvgIpc) is 2.88. The highest BCUT2D eigenvalue weighted by atomic mass is 32.2. The second-order valence-corrected chi connectivity index (χ2v) is 6.17. The molecule has 0 radical (unpaired) electrons. The molecule has 2 rings (SSSR count). The first-order valence-corrected chi connectivity index (χ1v) is 8.09. The summed E-state index contributed by atoms with van der Waals surface area (Å²) < 4.78 is 5.33. The van der Waals surface area contributed by atoms with E-state index in [-0.39, 0.29) is 0 Å². The highest BCUT2D eigenvalue weighted by Crippen LogP contribution is 2.36. The lowest BCUT2D eigenvalue weighted by Gasteiger charge is -2.17. The fraction of sp³-hybridized carbons (Fsp3) is 0.846. The summed E-state index contributed by atoms with van der Waals surface area (Å²) in [5, 5.41) is 4.59. The summed E-state index contributed by atoms with van der Waals surface area (Å²) in [4.78, 5) is 4.53. The highest BCUT2D eigenvalue weighted by Gasteiger charge is 2.21. The van der Waals surface area contributed by atoms with E-state index in [0.29, 0.717) is 5.25 Å². The van der Waals surface area contributed by atoms with Crippen molar-refractivity contribution in [3.05, 3.63) is 11.7 Å². The Balaban J connectivity index is 1.72. The number of rotatable bonds is 7. The van der Waals surface area contributed by atoms with E-state index < -0.39 is 0 Å². The normalized spacial score (nSPS) is 20.2. The third-order valence-electron chi connectivity index (χ3n) is 3.30. The maximum Gasteiger partial charge on any atom is 0.226 e. The Morgan fingerprint density at radius 3 is 2.89 bits per heavy atom. The number of nitrogens with two attached hydrogens (primary N) is 1. The lowest BCUT2D eigenvalue weighted by molar-refractivity contribution is 0.367. The van der Waals surface area contributed by atoms with Gasteiger partial charge in [-0.05, 0) is 38.0 Å². The fourth-order valence-corrected chi connectivity index (χ4v) is 3.45. The third-order valence-corrected chi connectivity index (χ3v) is 4.67. The first kappa shape index (κ1) is 13.9. The van der Waals surface area contributed by atoms with Crippen LogP contribution in [0, 0.1) is 0 Å². The van der Waals surface area contributed by atoms with Gasteiger partial charge in [0.25, 0.3) is 0 Å². The van der Waals surface area contributed by atoms with Gasteiger partial charge in [0.15, 0.2) is 5.82 Å². The standard InChI is InChI=1S/C13H23N3OS/c14-9-5-2-1-3-8-12-15-13(16-17-12)11-7-4-6-10-18-11/h11H,1-10,14H2. The topological polar surface area (TPSA) is 64.9 Å². The first-order valence-electron chi connectivity index (χ1n) is 7.04. The van der Waals surface area contributed by atoms with Gasteiger partial charge < -0.3 is 10.3 Å². The molecule has 4 nitrogen and oxygen atoms in total. The smallest absolute Gasteiger partial charge is 0.226 e. The zero-order valence-electron chi connectivity index (χ0n) is 10.9. The summed E-state index contributed by atoms with van der Waals surface area (Å²) in [5.74, 6) is 2.95. The molecule has 1 aromatic heterocycles. The van der Waals surface area contributed by atoms with E-state index in [2.05, 4.69) is 10.1 Å². The van der Waals surface area contributed by atoms with Crippen molar-refractivity contribution in [2.75, 3.05) is 12.3 Å². The Labute approximate surface area is 113 Å². The molecule has 2 heterocycles. The molecule has 0 saturated carbocycles. The number of aryl methyl sites for hydroxylation is 1. The summed E-state index contributed by atoms with van der Waals surface area (Å²) in [6, 6.07) is 0. The predicted octanol–water partition coefficient (Wildman–Crippen LogP) is 3.09. The van der Waals surface area contributed by atoms with E-state index in [1.807, 2.05) is 11.8 Å². The van der Waals surface area contributed by atoms with Crippen LogP contribution in [-0.2, 0) is 6.42 Å². The summed E-state index contributed by atoms with van der Waals surface area (Å²) >= 11 is 1.97. The van der Waals surface area contributed by atoms with E-state index in [0.717, 1.165) is 37.5 Å². The van der Waals surface area contributed by atoms with Crippen molar-refractivity contribution in [1.29, 1.82) is 0 Å². The SMILES string of the molecule is NCCCCCCc1nc(C2CCCCS2)no1. The fourth-order valence-electron chi connectivity index (χ4n) is 2.22. The molecule has 0 spiro atoms. The molecule has 0 bridgehead atoms. The molecule has 18 heavy (non-hydrogen) atoms. The Kier molecular flexibility index (Phi) is 6.00. The molecule has 1 unspecified atom stereocenters. The molecule has 1 aliphatic rings. The van der Waals surface area contributed by atoms with Crippen LogP contribution in [0.1, 0.15) is 61.9 Å². The highest BCUT2D eigenvalue weighted by molar-refractivity contribution is 7.99. The van der Waals surface area contributed by atoms with Gasteiger partial charge >= 0.3 is 0 Å². The van der Waals surface area contributed by atoms with Crippen LogP contribution < -0.4 is 5.73 Å². The molecular formula is C13H23N3OS. The second kappa shape index (κ2) is 7.79. The van der Waals surface area contributed by atoms with Crippen LogP contribution in [0.2, 0.25) is 0 Å². The maximum absolute atomic E-state index is 5.46. The van der Waals surface area contributed by atoms with Gasteiger partial charge in [-0.1, -0.05) is 24.4 Å². The largest absolute Gasteiger partial charge is 0.339 e. The lowest BCUT2D eigenvalue weighted by atomic mass is 10.1. The van der Waals surface area contributed by atoms with Crippen LogP contribution in [-0.4, -0.2) is 22.4 Å². The monoisotopic (exact) mass is 269 g/mol. The first-order chi connectivity index (χ1) is 8.90. The van der Waals surface area contributed by atoms with Crippen molar-refractivity contribution in [2.45, 2.75) is 56.6 Å². The van der Waals surface area contributed by atoms with Crippen molar-refractivity contribution >= 4 is 11.8 Å². The Bertz CT molecular complexity index is 337. The summed E-state index contributed by atoms with van der Waals surface area (Å²) in [5.41, 5.74) is 5.46. The average molecular weight is 269 g/mol. The molecular weight excluding hydrogens is 246 g/mol. The number of unbranched alkanes of at least 4 members (excludes halogenated alkanes) is 3. The minimum absolute atomic E-state index is 0.466. The van der Waals surface area contributed by atoms with Gasteiger partial charge in [-0.2, -0.15) is 16.7 Å². The molecule has 1 aliphatic heterocycles. The number of hydrogen-bond donors (Lipinski definition) is 1. The minimum Gasteiger partial charge on any atom is -0.339 e. The predicted molar refractivity (Wildman–Crippen MR) is 74.6 cm³/mol. The summed E-state index contributed by atoms with van der Waals surface area (Å²) in [6.07, 6.45) is 9.37. The van der Waals surface area contributed by atoms with Crippen molar-refractivity contribution in [3.8, 4) is 0 Å². The number of nitrogens with zero attached hydrogens (tertiary/aromatic N) is 2. The van der Waals surface area contributed by atoms with Crippen molar-refractivity contribution in [3.63, 3.8) is 0 Å². The van der Waals surface area contributed by atoms with Crippen LogP contribution in [0.5, 0.6) is 0 Å². The van der Waals surface area contributed by atoms with E-state index in [1.165, 1.54) is 37.9 Å². The Hall–Kier alpha value is -0.550. The summed E-state index contributed by atoms with van der Waals surface area (Å²) in [6.45, 7) is 0.795. The van der Waals surface area contributed by atoms with Gasteiger partial charge in [0.1, 0.15) is 0 Å². The third kappa shape index (κ3) is 4.28. The Morgan fingerprint density at radius 2 is 2.11 bits per heavy atom. The van der Waals surface area contributed by atoms with Crippen LogP contribution in [0.15, 0.2) is 4.52 Å². The quantitative estimate of drug-likeness (QED) is 0.771. The molecule has 2 N–H and O–H groups in total. The summed E-state index contributed by atoms with van der Waals surface area (Å²) in [7, 11) is 0. The molecule has 0 aliphatic carbocycles. The molecule has 102 valence electrons. The van der Waals surface area contributed by atoms with Crippen molar-refractivity contribution in [2.24, 2.45) is 5.73 Å². The van der Waals surface area contributed by atoms with Crippen LogP contribution in [0.4, 0.5) is 0 Å². The lowest BCUT2D eigenvalue weighted by Crippen LogP contribution is -2.03. The number of hydrogen-bond acceptors (Lipinski definition) is 5. The molecule has 1 fully saturated rings. The minimum atomic E-state index is 0.466. The molecule has 0 aromatic carbocycles.